The van der Waals surface area contributed by atoms with Crippen LogP contribution in [0.1, 0.15) is 32.0 Å². The SMILES string of the molecule is Cc1[nH][nH]c(=O)c1-c1cc(C(C)(C)C)cc(O)c1O. The van der Waals surface area contributed by atoms with E-state index >= 15 is 0 Å². The summed E-state index contributed by atoms with van der Waals surface area (Å²) in [4.78, 5) is 11.8. The second-order valence-corrected chi connectivity index (χ2v) is 5.72. The lowest BCUT2D eigenvalue weighted by Gasteiger charge is -2.21. The first-order valence-electron chi connectivity index (χ1n) is 6.06. The monoisotopic (exact) mass is 262 g/mol. The van der Waals surface area contributed by atoms with Gasteiger partial charge in [-0.05, 0) is 30.0 Å². The van der Waals surface area contributed by atoms with Crippen LogP contribution < -0.4 is 5.56 Å². The number of rotatable bonds is 1. The Morgan fingerprint density at radius 1 is 1.11 bits per heavy atom. The van der Waals surface area contributed by atoms with Crippen LogP contribution >= 0.6 is 0 Å². The molecule has 1 heterocycles. The molecule has 0 bridgehead atoms. The average molecular weight is 262 g/mol. The maximum absolute atomic E-state index is 11.8. The number of H-pyrrole nitrogens is 2. The number of nitrogens with one attached hydrogen (secondary N) is 2. The number of phenols is 2. The van der Waals surface area contributed by atoms with Crippen molar-refractivity contribution < 1.29 is 10.2 Å². The lowest BCUT2D eigenvalue weighted by atomic mass is 9.85. The molecule has 0 atom stereocenters. The van der Waals surface area contributed by atoms with Crippen molar-refractivity contribution in [2.75, 3.05) is 0 Å². The van der Waals surface area contributed by atoms with E-state index in [0.717, 1.165) is 5.56 Å². The standard InChI is InChI=1S/C14H18N2O3/c1-7-11(13(19)16-15-7)9-5-8(14(2,3)4)6-10(17)12(9)18/h5-6,17-18H,1-4H3,(H2,15,16,19). The molecule has 2 aromatic rings. The number of aromatic hydroxyl groups is 2. The van der Waals surface area contributed by atoms with Gasteiger partial charge in [0.25, 0.3) is 5.56 Å². The molecule has 4 N–H and O–H groups in total. The van der Waals surface area contributed by atoms with Gasteiger partial charge in [0.1, 0.15) is 0 Å². The zero-order chi connectivity index (χ0) is 14.4. The Morgan fingerprint density at radius 3 is 2.21 bits per heavy atom. The average Bonchev–Trinajstić information content (AvgIpc) is 2.61. The molecule has 1 aromatic heterocycles. The van der Waals surface area contributed by atoms with Crippen molar-refractivity contribution in [3.63, 3.8) is 0 Å². The van der Waals surface area contributed by atoms with Crippen molar-refractivity contribution in [1.82, 2.24) is 10.2 Å². The molecule has 0 saturated heterocycles. The minimum atomic E-state index is -0.321. The Labute approximate surface area is 110 Å². The highest BCUT2D eigenvalue weighted by atomic mass is 16.3. The molecule has 0 unspecified atom stereocenters. The van der Waals surface area contributed by atoms with Crippen molar-refractivity contribution in [3.05, 3.63) is 33.7 Å². The molecule has 19 heavy (non-hydrogen) atoms. The third-order valence-electron chi connectivity index (χ3n) is 3.19. The minimum Gasteiger partial charge on any atom is -0.504 e. The largest absolute Gasteiger partial charge is 0.504 e. The van der Waals surface area contributed by atoms with Crippen molar-refractivity contribution in [2.24, 2.45) is 0 Å². The summed E-state index contributed by atoms with van der Waals surface area (Å²) in [6.07, 6.45) is 0. The van der Waals surface area contributed by atoms with Gasteiger partial charge in [0, 0.05) is 11.3 Å². The predicted molar refractivity (Wildman–Crippen MR) is 73.6 cm³/mol. The highest BCUT2D eigenvalue weighted by Gasteiger charge is 2.21. The van der Waals surface area contributed by atoms with Gasteiger partial charge in [-0.15, -0.1) is 0 Å². The summed E-state index contributed by atoms with van der Waals surface area (Å²) in [6.45, 7) is 7.72. The summed E-state index contributed by atoms with van der Waals surface area (Å²) < 4.78 is 0. The molecule has 0 aliphatic heterocycles. The summed E-state index contributed by atoms with van der Waals surface area (Å²) in [5, 5.41) is 25.0. The van der Waals surface area contributed by atoms with Gasteiger partial charge >= 0.3 is 0 Å². The van der Waals surface area contributed by atoms with Gasteiger partial charge < -0.3 is 15.3 Å². The zero-order valence-electron chi connectivity index (χ0n) is 11.5. The van der Waals surface area contributed by atoms with Gasteiger partial charge in [-0.25, -0.2) is 0 Å². The normalized spacial score (nSPS) is 11.8. The third kappa shape index (κ3) is 2.23. The Morgan fingerprint density at radius 2 is 1.74 bits per heavy atom. The van der Waals surface area contributed by atoms with E-state index in [1.54, 1.807) is 13.0 Å². The lowest BCUT2D eigenvalue weighted by Crippen LogP contribution is -2.11. The molecule has 2 rings (SSSR count). The fourth-order valence-corrected chi connectivity index (χ4v) is 2.01. The van der Waals surface area contributed by atoms with E-state index in [2.05, 4.69) is 10.2 Å². The van der Waals surface area contributed by atoms with E-state index in [1.807, 2.05) is 20.8 Å². The van der Waals surface area contributed by atoms with E-state index < -0.39 is 0 Å². The first kappa shape index (κ1) is 13.3. The number of hydrogen-bond donors (Lipinski definition) is 4. The van der Waals surface area contributed by atoms with Gasteiger partial charge in [-0.1, -0.05) is 20.8 Å². The van der Waals surface area contributed by atoms with Crippen molar-refractivity contribution in [2.45, 2.75) is 33.1 Å². The van der Waals surface area contributed by atoms with Gasteiger partial charge in [0.2, 0.25) is 0 Å². The summed E-state index contributed by atoms with van der Waals surface area (Å²) in [5.74, 6) is -0.497. The molecule has 5 heteroatoms. The van der Waals surface area contributed by atoms with Gasteiger partial charge in [-0.3, -0.25) is 9.89 Å². The topological polar surface area (TPSA) is 89.1 Å². The van der Waals surface area contributed by atoms with E-state index in [0.29, 0.717) is 16.8 Å². The summed E-state index contributed by atoms with van der Waals surface area (Å²) in [7, 11) is 0. The molecular weight excluding hydrogens is 244 g/mol. The third-order valence-corrected chi connectivity index (χ3v) is 3.19. The van der Waals surface area contributed by atoms with Gasteiger partial charge in [0.05, 0.1) is 5.56 Å². The fraction of sp³-hybridized carbons (Fsp3) is 0.357. The first-order valence-corrected chi connectivity index (χ1v) is 6.06. The lowest BCUT2D eigenvalue weighted by molar-refractivity contribution is 0.403. The number of benzene rings is 1. The number of hydrogen-bond acceptors (Lipinski definition) is 3. The number of phenolic OH excluding ortho intramolecular Hbond substituents is 2. The van der Waals surface area contributed by atoms with E-state index in [9.17, 15) is 15.0 Å². The van der Waals surface area contributed by atoms with Gasteiger partial charge in [0.15, 0.2) is 11.5 Å². The maximum atomic E-state index is 11.8. The summed E-state index contributed by atoms with van der Waals surface area (Å²) in [6, 6.07) is 3.26. The summed E-state index contributed by atoms with van der Waals surface area (Å²) >= 11 is 0. The van der Waals surface area contributed by atoms with Crippen LogP contribution in [0.5, 0.6) is 11.5 Å². The van der Waals surface area contributed by atoms with Crippen LogP contribution in [0, 0.1) is 6.92 Å². The molecule has 0 saturated carbocycles. The minimum absolute atomic E-state index is 0.198. The molecule has 5 nitrogen and oxygen atoms in total. The van der Waals surface area contributed by atoms with E-state index in [4.69, 9.17) is 0 Å². The van der Waals surface area contributed by atoms with Crippen LogP contribution in [0.4, 0.5) is 0 Å². The zero-order valence-corrected chi connectivity index (χ0v) is 11.5. The van der Waals surface area contributed by atoms with Crippen LogP contribution in [-0.2, 0) is 5.41 Å². The fourth-order valence-electron chi connectivity index (χ4n) is 2.01. The highest BCUT2D eigenvalue weighted by molar-refractivity contribution is 5.75. The van der Waals surface area contributed by atoms with Crippen molar-refractivity contribution in [3.8, 4) is 22.6 Å². The molecule has 0 radical (unpaired) electrons. The van der Waals surface area contributed by atoms with Crippen LogP contribution in [0.15, 0.2) is 16.9 Å². The van der Waals surface area contributed by atoms with Crippen LogP contribution in [0.25, 0.3) is 11.1 Å². The number of aromatic nitrogens is 2. The van der Waals surface area contributed by atoms with Crippen LogP contribution in [0.3, 0.4) is 0 Å². The Hall–Kier alpha value is -2.17. The maximum Gasteiger partial charge on any atom is 0.272 e. The molecule has 0 aliphatic rings. The Balaban J connectivity index is 2.77. The molecule has 0 fully saturated rings. The predicted octanol–water partition coefficient (Wildman–Crippen LogP) is 2.39. The molecule has 0 aliphatic carbocycles. The molecular formula is C14H18N2O3. The number of aryl methyl sites for hydroxylation is 1. The number of aromatic amines is 2. The van der Waals surface area contributed by atoms with E-state index in [-0.39, 0.29) is 22.5 Å². The smallest absolute Gasteiger partial charge is 0.272 e. The Kier molecular flexibility index (Phi) is 2.92. The molecule has 1 aromatic carbocycles. The first-order chi connectivity index (χ1) is 8.71. The summed E-state index contributed by atoms with van der Waals surface area (Å²) in [5.41, 5.74) is 1.63. The second kappa shape index (κ2) is 4.19. The van der Waals surface area contributed by atoms with Crippen molar-refractivity contribution >= 4 is 0 Å². The van der Waals surface area contributed by atoms with Crippen LogP contribution in [-0.4, -0.2) is 20.4 Å². The molecule has 0 spiro atoms. The quantitative estimate of drug-likeness (QED) is 0.595. The Bertz CT molecular complexity index is 675. The highest BCUT2D eigenvalue weighted by Crippen LogP contribution is 2.40. The van der Waals surface area contributed by atoms with Gasteiger partial charge in [-0.2, -0.15) is 0 Å². The van der Waals surface area contributed by atoms with Crippen LogP contribution in [0.2, 0.25) is 0 Å². The van der Waals surface area contributed by atoms with E-state index in [1.165, 1.54) is 6.07 Å². The molecule has 102 valence electrons. The molecule has 0 amide bonds. The second-order valence-electron chi connectivity index (χ2n) is 5.72. The van der Waals surface area contributed by atoms with Crippen molar-refractivity contribution in [1.29, 1.82) is 0 Å².